The Morgan fingerprint density at radius 2 is 2.00 bits per heavy atom. The van der Waals surface area contributed by atoms with Gasteiger partial charge in [0.1, 0.15) is 6.29 Å². The topological polar surface area (TPSA) is 61.8 Å². The van der Waals surface area contributed by atoms with Crippen LogP contribution < -0.4 is 9.47 Å². The molecule has 0 amide bonds. The van der Waals surface area contributed by atoms with Crippen LogP contribution >= 0.6 is 0 Å². The number of carbonyl (C=O) groups is 2. The highest BCUT2D eigenvalue weighted by Gasteiger charge is 2.33. The summed E-state index contributed by atoms with van der Waals surface area (Å²) in [6, 6.07) is 3.24. The number of ether oxygens (including phenoxy) is 3. The molecule has 0 N–H and O–H groups in total. The Morgan fingerprint density at radius 1 is 1.35 bits per heavy atom. The minimum absolute atomic E-state index is 0.284. The Bertz CT molecular complexity index is 505. The minimum Gasteiger partial charge on any atom is -0.493 e. The summed E-state index contributed by atoms with van der Waals surface area (Å²) in [6.07, 6.45) is 0.732. The Morgan fingerprint density at radius 3 is 2.50 bits per heavy atom. The number of benzene rings is 1. The summed E-state index contributed by atoms with van der Waals surface area (Å²) in [7, 11) is 1.48. The maximum Gasteiger partial charge on any atom is 0.349 e. The summed E-state index contributed by atoms with van der Waals surface area (Å²) in [6.45, 7) is 7.05. The van der Waals surface area contributed by atoms with E-state index in [1.807, 2.05) is 0 Å². The number of hydrogen-bond acceptors (Lipinski definition) is 5. The standard InChI is InChI=1S/C15H20O5/c1-6-19-14(17)15(3,4)20-13-10(2)7-11(9-16)8-12(13)18-5/h7-9H,6H2,1-5H3. The number of esters is 1. The van der Waals surface area contributed by atoms with Gasteiger partial charge in [-0.25, -0.2) is 4.79 Å². The lowest BCUT2D eigenvalue weighted by Crippen LogP contribution is -2.40. The summed E-state index contributed by atoms with van der Waals surface area (Å²) < 4.78 is 15.9. The highest BCUT2D eigenvalue weighted by molar-refractivity contribution is 5.80. The average molecular weight is 280 g/mol. The largest absolute Gasteiger partial charge is 0.493 e. The molecule has 0 radical (unpaired) electrons. The zero-order valence-corrected chi connectivity index (χ0v) is 12.5. The van der Waals surface area contributed by atoms with Crippen molar-refractivity contribution in [2.45, 2.75) is 33.3 Å². The number of rotatable bonds is 6. The molecular weight excluding hydrogens is 260 g/mol. The van der Waals surface area contributed by atoms with Gasteiger partial charge in [0.2, 0.25) is 0 Å². The summed E-state index contributed by atoms with van der Waals surface area (Å²) >= 11 is 0. The number of aryl methyl sites for hydroxylation is 1. The second kappa shape index (κ2) is 6.41. The molecule has 0 atom stereocenters. The zero-order valence-electron chi connectivity index (χ0n) is 12.5. The molecule has 1 rings (SSSR count). The highest BCUT2D eigenvalue weighted by Crippen LogP contribution is 2.35. The van der Waals surface area contributed by atoms with Gasteiger partial charge in [0.05, 0.1) is 13.7 Å². The molecule has 0 saturated carbocycles. The second-order valence-corrected chi connectivity index (χ2v) is 4.82. The molecule has 0 aromatic heterocycles. The van der Waals surface area contributed by atoms with E-state index in [1.54, 1.807) is 39.8 Å². The van der Waals surface area contributed by atoms with E-state index in [0.717, 1.165) is 6.29 Å². The summed E-state index contributed by atoms with van der Waals surface area (Å²) in [5.74, 6) is 0.376. The van der Waals surface area contributed by atoms with Crippen LogP contribution in [0.3, 0.4) is 0 Å². The van der Waals surface area contributed by atoms with Crippen molar-refractivity contribution in [1.29, 1.82) is 0 Å². The van der Waals surface area contributed by atoms with Crippen LogP contribution in [0.1, 0.15) is 36.7 Å². The summed E-state index contributed by atoms with van der Waals surface area (Å²) in [5, 5.41) is 0. The Kier molecular flexibility index (Phi) is 5.13. The van der Waals surface area contributed by atoms with Gasteiger partial charge < -0.3 is 14.2 Å². The summed E-state index contributed by atoms with van der Waals surface area (Å²) in [4.78, 5) is 22.7. The molecule has 5 heteroatoms. The Hall–Kier alpha value is -2.04. The van der Waals surface area contributed by atoms with Gasteiger partial charge in [-0.3, -0.25) is 4.79 Å². The van der Waals surface area contributed by atoms with E-state index in [1.165, 1.54) is 7.11 Å². The van der Waals surface area contributed by atoms with Gasteiger partial charge in [0.15, 0.2) is 17.1 Å². The third-order valence-electron chi connectivity index (χ3n) is 2.74. The fourth-order valence-corrected chi connectivity index (χ4v) is 1.72. The van der Waals surface area contributed by atoms with E-state index in [9.17, 15) is 9.59 Å². The molecule has 0 saturated heterocycles. The van der Waals surface area contributed by atoms with Crippen LogP contribution in [-0.4, -0.2) is 31.6 Å². The maximum atomic E-state index is 11.9. The Balaban J connectivity index is 3.14. The van der Waals surface area contributed by atoms with Crippen LogP contribution in [0.5, 0.6) is 11.5 Å². The van der Waals surface area contributed by atoms with Crippen molar-refractivity contribution in [2.75, 3.05) is 13.7 Å². The molecular formula is C15H20O5. The lowest BCUT2D eigenvalue weighted by Gasteiger charge is -2.26. The Labute approximate surface area is 118 Å². The number of methoxy groups -OCH3 is 1. The lowest BCUT2D eigenvalue weighted by molar-refractivity contribution is -0.158. The first-order valence-corrected chi connectivity index (χ1v) is 6.35. The van der Waals surface area contributed by atoms with Crippen molar-refractivity contribution < 1.29 is 23.8 Å². The molecule has 0 fully saturated rings. The van der Waals surface area contributed by atoms with E-state index in [-0.39, 0.29) is 6.61 Å². The van der Waals surface area contributed by atoms with Crippen LogP contribution in [0.4, 0.5) is 0 Å². The van der Waals surface area contributed by atoms with Gasteiger partial charge in [0.25, 0.3) is 0 Å². The number of hydrogen-bond donors (Lipinski definition) is 0. The molecule has 0 aliphatic rings. The molecule has 0 unspecified atom stereocenters. The van der Waals surface area contributed by atoms with Gasteiger partial charge in [0, 0.05) is 5.56 Å². The van der Waals surface area contributed by atoms with Crippen molar-refractivity contribution in [1.82, 2.24) is 0 Å². The SMILES string of the molecule is CCOC(=O)C(C)(C)Oc1c(C)cc(C=O)cc1OC. The monoisotopic (exact) mass is 280 g/mol. The average Bonchev–Trinajstić information content (AvgIpc) is 2.40. The zero-order chi connectivity index (χ0) is 15.3. The normalized spacial score (nSPS) is 10.8. The fraction of sp³-hybridized carbons (Fsp3) is 0.467. The van der Waals surface area contributed by atoms with Crippen LogP contribution in [-0.2, 0) is 9.53 Å². The van der Waals surface area contributed by atoms with Gasteiger partial charge in [-0.1, -0.05) is 0 Å². The number of carbonyl (C=O) groups excluding carboxylic acids is 2. The van der Waals surface area contributed by atoms with Crippen LogP contribution in [0.2, 0.25) is 0 Å². The minimum atomic E-state index is -1.14. The summed E-state index contributed by atoms with van der Waals surface area (Å²) in [5.41, 5.74) is 0.0565. The van der Waals surface area contributed by atoms with E-state index in [2.05, 4.69) is 0 Å². The van der Waals surface area contributed by atoms with Crippen molar-refractivity contribution in [3.8, 4) is 11.5 Å². The highest BCUT2D eigenvalue weighted by atomic mass is 16.6. The fourth-order valence-electron chi connectivity index (χ4n) is 1.72. The quantitative estimate of drug-likeness (QED) is 0.592. The van der Waals surface area contributed by atoms with E-state index < -0.39 is 11.6 Å². The van der Waals surface area contributed by atoms with Crippen LogP contribution in [0, 0.1) is 6.92 Å². The van der Waals surface area contributed by atoms with Gasteiger partial charge in [-0.05, 0) is 45.4 Å². The lowest BCUT2D eigenvalue weighted by atomic mass is 10.1. The predicted octanol–water partition coefficient (Wildman–Crippen LogP) is 2.54. The van der Waals surface area contributed by atoms with Crippen molar-refractivity contribution in [2.24, 2.45) is 0 Å². The van der Waals surface area contributed by atoms with Gasteiger partial charge in [-0.2, -0.15) is 0 Å². The van der Waals surface area contributed by atoms with Gasteiger partial charge >= 0.3 is 5.97 Å². The third-order valence-corrected chi connectivity index (χ3v) is 2.74. The first-order valence-electron chi connectivity index (χ1n) is 6.35. The first-order chi connectivity index (χ1) is 9.35. The molecule has 0 bridgehead atoms. The molecule has 0 aliphatic heterocycles. The second-order valence-electron chi connectivity index (χ2n) is 4.82. The molecule has 5 nitrogen and oxygen atoms in total. The van der Waals surface area contributed by atoms with Crippen molar-refractivity contribution in [3.05, 3.63) is 23.3 Å². The maximum absolute atomic E-state index is 11.9. The smallest absolute Gasteiger partial charge is 0.349 e. The molecule has 0 heterocycles. The van der Waals surface area contributed by atoms with E-state index in [4.69, 9.17) is 14.2 Å². The first kappa shape index (κ1) is 16.0. The third kappa shape index (κ3) is 3.50. The van der Waals surface area contributed by atoms with Crippen LogP contribution in [0.25, 0.3) is 0 Å². The molecule has 0 spiro atoms. The van der Waals surface area contributed by atoms with E-state index >= 15 is 0 Å². The molecule has 110 valence electrons. The molecule has 20 heavy (non-hydrogen) atoms. The predicted molar refractivity (Wildman–Crippen MR) is 74.5 cm³/mol. The molecule has 1 aromatic carbocycles. The van der Waals surface area contributed by atoms with Gasteiger partial charge in [-0.15, -0.1) is 0 Å². The van der Waals surface area contributed by atoms with Crippen molar-refractivity contribution in [3.63, 3.8) is 0 Å². The van der Waals surface area contributed by atoms with E-state index in [0.29, 0.717) is 22.6 Å². The number of aldehydes is 1. The van der Waals surface area contributed by atoms with Crippen LogP contribution in [0.15, 0.2) is 12.1 Å². The molecule has 0 aliphatic carbocycles. The molecule has 1 aromatic rings. The van der Waals surface area contributed by atoms with Crippen molar-refractivity contribution >= 4 is 12.3 Å².